The number of aromatic nitrogens is 2. The zero-order valence-electron chi connectivity index (χ0n) is 11.1. The zero-order valence-corrected chi connectivity index (χ0v) is 11.1. The van der Waals surface area contributed by atoms with Crippen LogP contribution in [0.25, 0.3) is 11.4 Å². The first kappa shape index (κ1) is 12.8. The molecule has 0 saturated carbocycles. The highest BCUT2D eigenvalue weighted by Gasteiger charge is 2.21. The van der Waals surface area contributed by atoms with Crippen molar-refractivity contribution < 1.29 is 4.52 Å². The van der Waals surface area contributed by atoms with Gasteiger partial charge in [-0.3, -0.25) is 0 Å². The third kappa shape index (κ3) is 2.43. The Morgan fingerprint density at radius 3 is 2.67 bits per heavy atom. The van der Waals surface area contributed by atoms with Gasteiger partial charge in [0.2, 0.25) is 11.7 Å². The molecule has 4 nitrogen and oxygen atoms in total. The molecule has 0 aliphatic heterocycles. The number of hydrogen-bond donors (Lipinski definition) is 1. The molecule has 2 rings (SSSR count). The fourth-order valence-electron chi connectivity index (χ4n) is 2.09. The lowest BCUT2D eigenvalue weighted by atomic mass is 9.99. The van der Waals surface area contributed by atoms with Gasteiger partial charge in [-0.05, 0) is 25.8 Å². The second-order valence-electron chi connectivity index (χ2n) is 4.65. The minimum Gasteiger partial charge on any atom is -0.339 e. The summed E-state index contributed by atoms with van der Waals surface area (Å²) in [5, 5.41) is 4.06. The van der Waals surface area contributed by atoms with Crippen LogP contribution < -0.4 is 5.73 Å². The van der Waals surface area contributed by atoms with Crippen molar-refractivity contribution in [2.24, 2.45) is 5.73 Å². The van der Waals surface area contributed by atoms with E-state index < -0.39 is 0 Å². The Bertz CT molecular complexity index is 519. The second-order valence-corrected chi connectivity index (χ2v) is 4.65. The highest BCUT2D eigenvalue weighted by Crippen LogP contribution is 2.25. The van der Waals surface area contributed by atoms with Crippen molar-refractivity contribution in [3.05, 3.63) is 35.7 Å². The van der Waals surface area contributed by atoms with Gasteiger partial charge in [0.1, 0.15) is 0 Å². The summed E-state index contributed by atoms with van der Waals surface area (Å²) in [6, 6.07) is 8.02. The van der Waals surface area contributed by atoms with E-state index in [4.69, 9.17) is 10.3 Å². The molecular weight excluding hydrogens is 226 g/mol. The Morgan fingerprint density at radius 2 is 2.06 bits per heavy atom. The molecule has 2 unspecified atom stereocenters. The Kier molecular flexibility index (Phi) is 3.77. The van der Waals surface area contributed by atoms with E-state index in [1.54, 1.807) is 0 Å². The van der Waals surface area contributed by atoms with Crippen LogP contribution in [0.4, 0.5) is 0 Å². The Balaban J connectivity index is 2.34. The third-order valence-electron chi connectivity index (χ3n) is 3.22. The van der Waals surface area contributed by atoms with Crippen molar-refractivity contribution in [3.63, 3.8) is 0 Å². The van der Waals surface area contributed by atoms with Gasteiger partial charge in [0, 0.05) is 11.6 Å². The largest absolute Gasteiger partial charge is 0.339 e. The van der Waals surface area contributed by atoms with Crippen molar-refractivity contribution in [1.82, 2.24) is 10.1 Å². The predicted molar refractivity (Wildman–Crippen MR) is 71.2 cm³/mol. The molecule has 1 aromatic carbocycles. The fourth-order valence-corrected chi connectivity index (χ4v) is 2.09. The molecule has 1 aromatic heterocycles. The lowest BCUT2D eigenvalue weighted by Crippen LogP contribution is -2.24. The third-order valence-corrected chi connectivity index (χ3v) is 3.22. The van der Waals surface area contributed by atoms with Crippen LogP contribution in [-0.2, 0) is 0 Å². The quantitative estimate of drug-likeness (QED) is 0.899. The maximum Gasteiger partial charge on any atom is 0.231 e. The predicted octanol–water partition coefficient (Wildman–Crippen LogP) is 2.89. The number of nitrogens with zero attached hydrogens (tertiary/aromatic N) is 2. The first-order valence-corrected chi connectivity index (χ1v) is 6.28. The number of hydrogen-bond acceptors (Lipinski definition) is 4. The lowest BCUT2D eigenvalue weighted by molar-refractivity contribution is 0.334. The van der Waals surface area contributed by atoms with Gasteiger partial charge in [0.15, 0.2) is 0 Å². The van der Waals surface area contributed by atoms with Crippen molar-refractivity contribution >= 4 is 0 Å². The maximum atomic E-state index is 5.93. The van der Waals surface area contributed by atoms with E-state index in [9.17, 15) is 0 Å². The van der Waals surface area contributed by atoms with Crippen LogP contribution >= 0.6 is 0 Å². The standard InChI is InChI=1S/C14H19N3O/c1-4-11(10(3)15)14-16-13(17-18-14)12-8-6-5-7-9(12)2/h5-8,10-11H,4,15H2,1-3H3. The van der Waals surface area contributed by atoms with E-state index >= 15 is 0 Å². The smallest absolute Gasteiger partial charge is 0.231 e. The van der Waals surface area contributed by atoms with Gasteiger partial charge >= 0.3 is 0 Å². The molecule has 0 amide bonds. The topological polar surface area (TPSA) is 64.9 Å². The molecule has 0 radical (unpaired) electrons. The summed E-state index contributed by atoms with van der Waals surface area (Å²) in [6.45, 7) is 6.08. The van der Waals surface area contributed by atoms with Crippen LogP contribution in [0.15, 0.2) is 28.8 Å². The highest BCUT2D eigenvalue weighted by molar-refractivity contribution is 5.58. The molecule has 2 atom stereocenters. The summed E-state index contributed by atoms with van der Waals surface area (Å²) in [7, 11) is 0. The maximum absolute atomic E-state index is 5.93. The molecule has 2 N–H and O–H groups in total. The van der Waals surface area contributed by atoms with Gasteiger partial charge in [-0.15, -0.1) is 0 Å². The van der Waals surface area contributed by atoms with E-state index in [0.29, 0.717) is 11.7 Å². The summed E-state index contributed by atoms with van der Waals surface area (Å²) in [4.78, 5) is 4.48. The van der Waals surface area contributed by atoms with Gasteiger partial charge in [0.25, 0.3) is 0 Å². The van der Waals surface area contributed by atoms with Crippen LogP contribution in [0.3, 0.4) is 0 Å². The van der Waals surface area contributed by atoms with Gasteiger partial charge in [-0.25, -0.2) is 0 Å². The molecule has 0 spiro atoms. The van der Waals surface area contributed by atoms with E-state index in [0.717, 1.165) is 17.5 Å². The van der Waals surface area contributed by atoms with Crippen LogP contribution in [0, 0.1) is 6.92 Å². The van der Waals surface area contributed by atoms with E-state index in [1.807, 2.05) is 38.1 Å². The zero-order chi connectivity index (χ0) is 13.1. The number of nitrogens with two attached hydrogens (primary N) is 1. The summed E-state index contributed by atoms with van der Waals surface area (Å²) in [5.74, 6) is 1.39. The van der Waals surface area contributed by atoms with Gasteiger partial charge in [0.05, 0.1) is 5.92 Å². The normalized spacial score (nSPS) is 14.4. The molecule has 0 saturated heterocycles. The average molecular weight is 245 g/mol. The number of benzene rings is 1. The van der Waals surface area contributed by atoms with Crippen LogP contribution in [0.2, 0.25) is 0 Å². The molecule has 0 bridgehead atoms. The first-order valence-electron chi connectivity index (χ1n) is 6.28. The van der Waals surface area contributed by atoms with Gasteiger partial charge in [-0.1, -0.05) is 36.3 Å². The van der Waals surface area contributed by atoms with E-state index in [2.05, 4.69) is 17.1 Å². The molecular formula is C14H19N3O. The van der Waals surface area contributed by atoms with Crippen LogP contribution in [-0.4, -0.2) is 16.2 Å². The monoisotopic (exact) mass is 245 g/mol. The Morgan fingerprint density at radius 1 is 1.33 bits per heavy atom. The lowest BCUT2D eigenvalue weighted by Gasteiger charge is -2.13. The SMILES string of the molecule is CCC(c1nc(-c2ccccc2C)no1)C(C)N. The summed E-state index contributed by atoms with van der Waals surface area (Å²) in [5.41, 5.74) is 8.07. The molecule has 2 aromatic rings. The number of aryl methyl sites for hydroxylation is 1. The highest BCUT2D eigenvalue weighted by atomic mass is 16.5. The minimum atomic E-state index is 0.0140. The van der Waals surface area contributed by atoms with E-state index in [-0.39, 0.29) is 12.0 Å². The molecule has 1 heterocycles. The first-order chi connectivity index (χ1) is 8.63. The molecule has 96 valence electrons. The second kappa shape index (κ2) is 5.31. The van der Waals surface area contributed by atoms with Crippen LogP contribution in [0.1, 0.15) is 37.6 Å². The molecule has 0 aliphatic rings. The average Bonchev–Trinajstić information content (AvgIpc) is 2.79. The van der Waals surface area contributed by atoms with Gasteiger partial charge < -0.3 is 10.3 Å². The Labute approximate surface area is 107 Å². The van der Waals surface area contributed by atoms with Crippen molar-refractivity contribution in [3.8, 4) is 11.4 Å². The van der Waals surface area contributed by atoms with Crippen molar-refractivity contribution in [2.75, 3.05) is 0 Å². The summed E-state index contributed by atoms with van der Waals surface area (Å²) < 4.78 is 5.35. The summed E-state index contributed by atoms with van der Waals surface area (Å²) in [6.07, 6.45) is 0.896. The van der Waals surface area contributed by atoms with Crippen LogP contribution in [0.5, 0.6) is 0 Å². The van der Waals surface area contributed by atoms with Crippen molar-refractivity contribution in [2.45, 2.75) is 39.2 Å². The van der Waals surface area contributed by atoms with Crippen molar-refractivity contribution in [1.29, 1.82) is 0 Å². The molecule has 0 fully saturated rings. The number of rotatable bonds is 4. The molecule has 4 heteroatoms. The molecule has 18 heavy (non-hydrogen) atoms. The Hall–Kier alpha value is -1.68. The van der Waals surface area contributed by atoms with Gasteiger partial charge in [-0.2, -0.15) is 4.98 Å². The minimum absolute atomic E-state index is 0.0140. The summed E-state index contributed by atoms with van der Waals surface area (Å²) >= 11 is 0. The molecule has 0 aliphatic carbocycles. The fraction of sp³-hybridized carbons (Fsp3) is 0.429. The van der Waals surface area contributed by atoms with E-state index in [1.165, 1.54) is 0 Å².